The minimum atomic E-state index is -0.545. The first-order valence-electron chi connectivity index (χ1n) is 6.33. The van der Waals surface area contributed by atoms with Crippen LogP contribution < -0.4 is 5.73 Å². The Morgan fingerprint density at radius 3 is 2.32 bits per heavy atom. The largest absolute Gasteiger partial charge is 0.508 e. The summed E-state index contributed by atoms with van der Waals surface area (Å²) in [6.07, 6.45) is 0.478. The normalized spacial score (nSPS) is 12.5. The molecule has 0 unspecified atom stereocenters. The fourth-order valence-electron chi connectivity index (χ4n) is 1.72. The zero-order chi connectivity index (χ0) is 14.4. The average Bonchev–Trinajstić information content (AvgIpc) is 2.37. The third kappa shape index (κ3) is 5.28. The highest BCUT2D eigenvalue weighted by Crippen LogP contribution is 2.11. The van der Waals surface area contributed by atoms with Crippen LogP contribution in [0.25, 0.3) is 0 Å². The Kier molecular flexibility index (Phi) is 5.79. The van der Waals surface area contributed by atoms with Gasteiger partial charge in [0.05, 0.1) is 6.04 Å². The van der Waals surface area contributed by atoms with E-state index in [1.54, 1.807) is 36.2 Å². The van der Waals surface area contributed by atoms with Crippen LogP contribution in [0.3, 0.4) is 0 Å². The molecule has 1 aromatic carbocycles. The molecule has 1 rings (SSSR count). The molecular formula is C14H23N3O2. The fraction of sp³-hybridized carbons (Fsp3) is 0.500. The van der Waals surface area contributed by atoms with E-state index in [4.69, 9.17) is 5.73 Å². The maximum Gasteiger partial charge on any atom is 0.239 e. The summed E-state index contributed by atoms with van der Waals surface area (Å²) < 4.78 is 0. The molecule has 0 aliphatic heterocycles. The Balaban J connectivity index is 2.50. The van der Waals surface area contributed by atoms with Gasteiger partial charge in [0.15, 0.2) is 0 Å². The van der Waals surface area contributed by atoms with Crippen LogP contribution in [0.5, 0.6) is 5.75 Å². The van der Waals surface area contributed by atoms with Crippen molar-refractivity contribution in [3.05, 3.63) is 29.8 Å². The summed E-state index contributed by atoms with van der Waals surface area (Å²) in [4.78, 5) is 15.7. The lowest BCUT2D eigenvalue weighted by Crippen LogP contribution is -2.45. The maximum atomic E-state index is 12.1. The molecule has 3 N–H and O–H groups in total. The number of hydrogen-bond donors (Lipinski definition) is 2. The molecule has 0 aliphatic rings. The molecule has 0 aromatic heterocycles. The molecule has 0 heterocycles. The summed E-state index contributed by atoms with van der Waals surface area (Å²) in [5, 5.41) is 9.20. The first-order valence-corrected chi connectivity index (χ1v) is 6.33. The standard InChI is InChI=1S/C14H23N3O2/c1-16(2)8-9-17(3)14(19)13(15)10-11-4-6-12(18)7-5-11/h4-7,13,18H,8-10,15H2,1-3H3/t13-/m0/s1. The zero-order valence-electron chi connectivity index (χ0n) is 11.8. The number of phenols is 1. The van der Waals surface area contributed by atoms with Crippen LogP contribution in [0.4, 0.5) is 0 Å². The van der Waals surface area contributed by atoms with Gasteiger partial charge in [0.25, 0.3) is 0 Å². The number of benzene rings is 1. The molecule has 5 heteroatoms. The number of carbonyl (C=O) groups is 1. The van der Waals surface area contributed by atoms with Gasteiger partial charge in [0.1, 0.15) is 5.75 Å². The van der Waals surface area contributed by atoms with Crippen LogP contribution in [0.2, 0.25) is 0 Å². The molecule has 0 fully saturated rings. The summed E-state index contributed by atoms with van der Waals surface area (Å²) >= 11 is 0. The highest BCUT2D eigenvalue weighted by Gasteiger charge is 2.18. The van der Waals surface area contributed by atoms with Crippen LogP contribution in [0, 0.1) is 0 Å². The van der Waals surface area contributed by atoms with Gasteiger partial charge in [-0.1, -0.05) is 12.1 Å². The van der Waals surface area contributed by atoms with E-state index < -0.39 is 6.04 Å². The Morgan fingerprint density at radius 1 is 1.21 bits per heavy atom. The molecule has 0 saturated carbocycles. The first-order chi connectivity index (χ1) is 8.90. The van der Waals surface area contributed by atoms with Gasteiger partial charge in [0, 0.05) is 20.1 Å². The predicted octanol–water partition coefficient (Wildman–Crippen LogP) is 0.282. The van der Waals surface area contributed by atoms with Crippen molar-refractivity contribution < 1.29 is 9.90 Å². The second-order valence-electron chi connectivity index (χ2n) is 5.04. The molecule has 0 bridgehead atoms. The Labute approximate surface area is 114 Å². The van der Waals surface area contributed by atoms with Crippen LogP contribution in [-0.4, -0.2) is 61.1 Å². The molecule has 0 aliphatic carbocycles. The molecule has 0 saturated heterocycles. The summed E-state index contributed by atoms with van der Waals surface area (Å²) in [5.74, 6) is 0.154. The number of rotatable bonds is 6. The van der Waals surface area contributed by atoms with Crippen molar-refractivity contribution in [2.45, 2.75) is 12.5 Å². The number of amides is 1. The molecule has 1 amide bonds. The number of hydrogen-bond acceptors (Lipinski definition) is 4. The maximum absolute atomic E-state index is 12.1. The number of nitrogens with zero attached hydrogens (tertiary/aromatic N) is 2. The molecule has 5 nitrogen and oxygen atoms in total. The highest BCUT2D eigenvalue weighted by molar-refractivity contribution is 5.81. The van der Waals surface area contributed by atoms with E-state index in [0.717, 1.165) is 12.1 Å². The number of likely N-dealkylation sites (N-methyl/N-ethyl adjacent to an activating group) is 2. The van der Waals surface area contributed by atoms with Crippen molar-refractivity contribution in [1.29, 1.82) is 0 Å². The molecule has 19 heavy (non-hydrogen) atoms. The van der Waals surface area contributed by atoms with Crippen molar-refractivity contribution >= 4 is 5.91 Å². The summed E-state index contributed by atoms with van der Waals surface area (Å²) in [5.41, 5.74) is 6.87. The summed E-state index contributed by atoms with van der Waals surface area (Å²) in [6.45, 7) is 1.48. The van der Waals surface area contributed by atoms with Gasteiger partial charge < -0.3 is 20.6 Å². The van der Waals surface area contributed by atoms with Gasteiger partial charge in [-0.25, -0.2) is 0 Å². The van der Waals surface area contributed by atoms with E-state index in [1.165, 1.54) is 0 Å². The van der Waals surface area contributed by atoms with Crippen molar-refractivity contribution in [1.82, 2.24) is 9.80 Å². The van der Waals surface area contributed by atoms with Gasteiger partial charge in [-0.3, -0.25) is 4.79 Å². The SMILES string of the molecule is CN(C)CCN(C)C(=O)[C@@H](N)Cc1ccc(O)cc1. The highest BCUT2D eigenvalue weighted by atomic mass is 16.3. The van der Waals surface area contributed by atoms with Crippen LogP contribution in [-0.2, 0) is 11.2 Å². The third-order valence-corrected chi connectivity index (χ3v) is 2.97. The Hall–Kier alpha value is -1.59. The second-order valence-corrected chi connectivity index (χ2v) is 5.04. The minimum Gasteiger partial charge on any atom is -0.508 e. The van der Waals surface area contributed by atoms with E-state index >= 15 is 0 Å². The van der Waals surface area contributed by atoms with E-state index in [9.17, 15) is 9.90 Å². The Bertz CT molecular complexity index is 404. The Morgan fingerprint density at radius 2 is 1.79 bits per heavy atom. The fourth-order valence-corrected chi connectivity index (χ4v) is 1.72. The van der Waals surface area contributed by atoms with Crippen molar-refractivity contribution in [2.75, 3.05) is 34.2 Å². The minimum absolute atomic E-state index is 0.0603. The van der Waals surface area contributed by atoms with Crippen molar-refractivity contribution in [3.8, 4) is 5.75 Å². The monoisotopic (exact) mass is 265 g/mol. The lowest BCUT2D eigenvalue weighted by atomic mass is 10.1. The lowest BCUT2D eigenvalue weighted by Gasteiger charge is -2.23. The quantitative estimate of drug-likeness (QED) is 0.775. The molecule has 0 spiro atoms. The van der Waals surface area contributed by atoms with Crippen LogP contribution >= 0.6 is 0 Å². The van der Waals surface area contributed by atoms with E-state index in [-0.39, 0.29) is 11.7 Å². The van der Waals surface area contributed by atoms with E-state index in [1.807, 2.05) is 19.0 Å². The van der Waals surface area contributed by atoms with Gasteiger partial charge in [-0.15, -0.1) is 0 Å². The van der Waals surface area contributed by atoms with Crippen LogP contribution in [0.15, 0.2) is 24.3 Å². The second kappa shape index (κ2) is 7.11. The van der Waals surface area contributed by atoms with Gasteiger partial charge >= 0.3 is 0 Å². The smallest absolute Gasteiger partial charge is 0.239 e. The molecule has 0 radical (unpaired) electrons. The zero-order valence-corrected chi connectivity index (χ0v) is 11.8. The number of carbonyl (C=O) groups excluding carboxylic acids is 1. The topological polar surface area (TPSA) is 69.8 Å². The van der Waals surface area contributed by atoms with E-state index in [0.29, 0.717) is 13.0 Å². The first kappa shape index (κ1) is 15.5. The van der Waals surface area contributed by atoms with Crippen LogP contribution in [0.1, 0.15) is 5.56 Å². The molecule has 1 aromatic rings. The number of nitrogens with two attached hydrogens (primary N) is 1. The molecule has 1 atom stereocenters. The van der Waals surface area contributed by atoms with Gasteiger partial charge in [-0.05, 0) is 38.2 Å². The molecule has 106 valence electrons. The summed E-state index contributed by atoms with van der Waals surface area (Å²) in [7, 11) is 5.70. The van der Waals surface area contributed by atoms with Gasteiger partial charge in [-0.2, -0.15) is 0 Å². The molecular weight excluding hydrogens is 242 g/mol. The number of phenolic OH excluding ortho intramolecular Hbond substituents is 1. The third-order valence-electron chi connectivity index (χ3n) is 2.97. The lowest BCUT2D eigenvalue weighted by molar-refractivity contribution is -0.131. The summed E-state index contributed by atoms with van der Waals surface area (Å²) in [6, 6.07) is 6.21. The predicted molar refractivity (Wildman–Crippen MR) is 76.0 cm³/mol. The average molecular weight is 265 g/mol. The number of aromatic hydroxyl groups is 1. The van der Waals surface area contributed by atoms with Crippen molar-refractivity contribution in [2.24, 2.45) is 5.73 Å². The van der Waals surface area contributed by atoms with Gasteiger partial charge in [0.2, 0.25) is 5.91 Å². The van der Waals surface area contributed by atoms with E-state index in [2.05, 4.69) is 0 Å². The van der Waals surface area contributed by atoms with Crippen molar-refractivity contribution in [3.63, 3.8) is 0 Å².